The fourth-order valence-corrected chi connectivity index (χ4v) is 6.35. The van der Waals surface area contributed by atoms with Gasteiger partial charge in [-0.25, -0.2) is 87.8 Å². The molecule has 1 aromatic heterocycles. The van der Waals surface area contributed by atoms with Gasteiger partial charge in [0.05, 0.1) is 24.0 Å². The Morgan fingerprint density at radius 1 is 0.468 bits per heavy atom. The van der Waals surface area contributed by atoms with Crippen LogP contribution in [0.4, 0.5) is 87.8 Å². The molecule has 0 radical (unpaired) electrons. The monoisotopic (exact) mass is 903 g/mol. The fraction of sp³-hybridized carbons (Fsp3) is 0.0270. The molecule has 1 heterocycles. The molecule has 0 fully saturated rings. The van der Waals surface area contributed by atoms with E-state index in [1.165, 1.54) is 0 Å². The first-order valence-corrected chi connectivity index (χ1v) is 16.1. The molecule has 4 nitrogen and oxygen atoms in total. The number of nitriles is 1. The fourth-order valence-electron chi connectivity index (χ4n) is 6.35. The summed E-state index contributed by atoms with van der Waals surface area (Å²) in [4.78, 5) is 15.8. The van der Waals surface area contributed by atoms with E-state index < -0.39 is 144 Å². The van der Waals surface area contributed by atoms with Gasteiger partial charge in [0.15, 0.2) is 82.2 Å². The Morgan fingerprint density at radius 3 is 1.02 bits per heavy atom. The molecular formula is C37H10BF20N3O. The van der Waals surface area contributed by atoms with Crippen molar-refractivity contribution in [2.75, 3.05) is 0 Å². The second-order valence-electron chi connectivity index (χ2n) is 12.3. The number of nitrogens with zero attached hydrogens (tertiary/aromatic N) is 3. The van der Waals surface area contributed by atoms with Crippen LogP contribution < -0.4 is 26.4 Å². The van der Waals surface area contributed by atoms with Gasteiger partial charge in [0, 0.05) is 5.56 Å². The predicted octanol–water partition coefficient (Wildman–Crippen LogP) is 6.97. The molecule has 0 spiro atoms. The highest BCUT2D eigenvalue weighted by atomic mass is 19.2. The molecule has 0 aliphatic carbocycles. The van der Waals surface area contributed by atoms with Crippen LogP contribution in [0.25, 0.3) is 0 Å². The molecule has 0 aliphatic rings. The number of rotatable bonds is 7. The lowest BCUT2D eigenvalue weighted by Crippen LogP contribution is -2.81. The highest BCUT2D eigenvalue weighted by Crippen LogP contribution is 2.30. The SMILES string of the molecule is Fc1c(F)c(F)c([B-](c2c(F)c(F)c(F)c(F)c2F)(c2c(F)c(F)c(F)c(F)c2F)c2c(F)c(F)c(F)c(F)c2F)c(F)c1F.N#Cc1cccc(C(=O)C[n+]2ccncc2)c1. The first-order valence-electron chi connectivity index (χ1n) is 16.1. The second-order valence-corrected chi connectivity index (χ2v) is 12.3. The van der Waals surface area contributed by atoms with Crippen LogP contribution in [0.2, 0.25) is 0 Å². The van der Waals surface area contributed by atoms with Crippen molar-refractivity contribution in [3.05, 3.63) is 177 Å². The number of Topliss-reactive ketones (excluding diaryl/α,β-unsaturated/α-hetero) is 1. The van der Waals surface area contributed by atoms with Crippen LogP contribution in [0.3, 0.4) is 0 Å². The highest BCUT2D eigenvalue weighted by Gasteiger charge is 2.52. The summed E-state index contributed by atoms with van der Waals surface area (Å²) in [6.07, 6.45) is -0.513. The van der Waals surface area contributed by atoms with Crippen LogP contribution in [-0.4, -0.2) is 16.9 Å². The van der Waals surface area contributed by atoms with Crippen molar-refractivity contribution in [1.29, 1.82) is 5.26 Å². The van der Waals surface area contributed by atoms with Crippen molar-refractivity contribution in [2.45, 2.75) is 6.54 Å². The zero-order valence-electron chi connectivity index (χ0n) is 29.2. The first-order chi connectivity index (χ1) is 29.0. The molecule has 0 saturated carbocycles. The number of hydrogen-bond donors (Lipinski definition) is 0. The summed E-state index contributed by atoms with van der Waals surface area (Å²) in [7, 11) is 0. The minimum Gasteiger partial charge on any atom is -0.287 e. The van der Waals surface area contributed by atoms with Gasteiger partial charge in [-0.15, -0.1) is 21.9 Å². The van der Waals surface area contributed by atoms with Gasteiger partial charge in [0.2, 0.25) is 12.3 Å². The van der Waals surface area contributed by atoms with Gasteiger partial charge < -0.3 is 0 Å². The van der Waals surface area contributed by atoms with E-state index in [0.717, 1.165) is 0 Å². The maximum Gasteiger partial charge on any atom is 0.227 e. The molecule has 0 unspecified atom stereocenters. The molecule has 5 aromatic carbocycles. The van der Waals surface area contributed by atoms with Gasteiger partial charge in [0.25, 0.3) is 0 Å². The molecule has 0 saturated heterocycles. The largest absolute Gasteiger partial charge is 0.287 e. The van der Waals surface area contributed by atoms with Crippen LogP contribution in [0.15, 0.2) is 49.1 Å². The minimum absolute atomic E-state index is 0.0294. The molecule has 6 rings (SSSR count). The first kappa shape index (κ1) is 46.1. The number of hydrogen-bond acceptors (Lipinski definition) is 3. The van der Waals surface area contributed by atoms with Crippen LogP contribution in [0.1, 0.15) is 15.9 Å². The Balaban J connectivity index is 0.000000355. The number of benzene rings is 5. The van der Waals surface area contributed by atoms with Crippen molar-refractivity contribution < 1.29 is 97.2 Å². The Morgan fingerprint density at radius 2 is 0.742 bits per heavy atom. The van der Waals surface area contributed by atoms with Gasteiger partial charge in [-0.3, -0.25) is 9.78 Å². The van der Waals surface area contributed by atoms with Crippen molar-refractivity contribution in [3.63, 3.8) is 0 Å². The van der Waals surface area contributed by atoms with E-state index in [4.69, 9.17) is 5.26 Å². The van der Waals surface area contributed by atoms with Gasteiger partial charge in [-0.2, -0.15) is 9.83 Å². The molecule has 0 atom stereocenters. The summed E-state index contributed by atoms with van der Waals surface area (Å²) in [5.41, 5.74) is -13.3. The number of carbonyl (C=O) groups is 1. The topological polar surface area (TPSA) is 57.6 Å². The maximum absolute atomic E-state index is 15.4. The van der Waals surface area contributed by atoms with Crippen molar-refractivity contribution in [3.8, 4) is 6.07 Å². The lowest BCUT2D eigenvalue weighted by atomic mass is 9.12. The lowest BCUT2D eigenvalue weighted by Gasteiger charge is -2.44. The summed E-state index contributed by atoms with van der Waals surface area (Å²) >= 11 is 0. The number of halogens is 20. The van der Waals surface area contributed by atoms with E-state index in [0.29, 0.717) is 11.1 Å². The molecule has 0 bridgehead atoms. The van der Waals surface area contributed by atoms with Gasteiger partial charge >= 0.3 is 0 Å². The molecule has 0 amide bonds. The summed E-state index contributed by atoms with van der Waals surface area (Å²) in [5.74, 6) is -71.4. The molecule has 0 N–H and O–H groups in total. The number of aromatic nitrogens is 2. The second kappa shape index (κ2) is 17.2. The highest BCUT2D eigenvalue weighted by molar-refractivity contribution is 7.20. The average Bonchev–Trinajstić information content (AvgIpc) is 3.26. The third-order valence-electron chi connectivity index (χ3n) is 9.04. The van der Waals surface area contributed by atoms with E-state index >= 15 is 35.1 Å². The lowest BCUT2D eigenvalue weighted by molar-refractivity contribution is -0.683. The van der Waals surface area contributed by atoms with E-state index in [1.54, 1.807) is 53.6 Å². The van der Waals surface area contributed by atoms with Crippen LogP contribution >= 0.6 is 0 Å². The molecule has 25 heteroatoms. The molecule has 62 heavy (non-hydrogen) atoms. The number of ketones is 1. The van der Waals surface area contributed by atoms with Crippen LogP contribution in [-0.2, 0) is 6.54 Å². The molecule has 322 valence electrons. The van der Waals surface area contributed by atoms with Crippen molar-refractivity contribution >= 4 is 33.8 Å². The quantitative estimate of drug-likeness (QED) is 0.0435. The Labute approximate surface area is 330 Å². The summed E-state index contributed by atoms with van der Waals surface area (Å²) in [6.45, 7) is 0.247. The van der Waals surface area contributed by atoms with Crippen molar-refractivity contribution in [1.82, 2.24) is 4.98 Å². The van der Waals surface area contributed by atoms with Gasteiger partial charge in [-0.1, -0.05) is 12.1 Å². The zero-order chi connectivity index (χ0) is 46.4. The normalized spacial score (nSPS) is 11.3. The van der Waals surface area contributed by atoms with Crippen LogP contribution in [0, 0.1) is 128 Å². The van der Waals surface area contributed by atoms with Gasteiger partial charge in [-0.05, 0) is 12.1 Å². The zero-order valence-corrected chi connectivity index (χ0v) is 29.2. The predicted molar refractivity (Wildman–Crippen MR) is 169 cm³/mol. The average molecular weight is 903 g/mol. The third kappa shape index (κ3) is 7.21. The van der Waals surface area contributed by atoms with E-state index in [9.17, 15) is 57.5 Å². The van der Waals surface area contributed by atoms with E-state index in [-0.39, 0.29) is 12.3 Å². The summed E-state index contributed by atoms with van der Waals surface area (Å²) in [6, 6.07) is 8.72. The molecule has 6 aromatic rings. The van der Waals surface area contributed by atoms with E-state index in [2.05, 4.69) is 4.98 Å². The Bertz CT molecular complexity index is 2490. The summed E-state index contributed by atoms with van der Waals surface area (Å²) in [5, 5.41) is 8.76. The molecular weight excluding hydrogens is 893 g/mol. The van der Waals surface area contributed by atoms with E-state index in [1.807, 2.05) is 6.07 Å². The standard InChI is InChI=1S/C24BF20.C13H10N3O/c26-5-1(6(27)14(35)21(42)13(5)34)25(2-7(28)15(36)22(43)16(37)8(2)29,3-9(30)17(38)23(44)18(39)10(3)31)4-11(32)19(40)24(45)20(41)12(4)33;14-9-11-2-1-3-12(8-11)13(17)10-16-6-4-15-5-7-16/h;1-8H,10H2/q-1;+1. The molecule has 0 aliphatic heterocycles. The summed E-state index contributed by atoms with van der Waals surface area (Å²) < 4.78 is 296. The minimum atomic E-state index is -7.22. The van der Waals surface area contributed by atoms with Crippen molar-refractivity contribution in [2.24, 2.45) is 0 Å². The van der Waals surface area contributed by atoms with Gasteiger partial charge in [0.1, 0.15) is 52.7 Å². The van der Waals surface area contributed by atoms with Crippen LogP contribution in [0.5, 0.6) is 0 Å². The Hall–Kier alpha value is -7.00. The maximum atomic E-state index is 15.4. The third-order valence-corrected chi connectivity index (χ3v) is 9.04. The Kier molecular flexibility index (Phi) is 12.8. The smallest absolute Gasteiger partial charge is 0.227 e. The number of carbonyl (C=O) groups excluding carboxylic acids is 1.